The number of aromatic nitrogens is 5. The van der Waals surface area contributed by atoms with Gasteiger partial charge in [0.1, 0.15) is 0 Å². The van der Waals surface area contributed by atoms with E-state index in [1.165, 1.54) is 16.4 Å². The zero-order valence-corrected chi connectivity index (χ0v) is 61.0. The summed E-state index contributed by atoms with van der Waals surface area (Å²) in [4.78, 5) is 27.1. The van der Waals surface area contributed by atoms with Crippen LogP contribution in [0.1, 0.15) is 0 Å². The number of para-hydroxylation sites is 3. The Morgan fingerprint density at radius 1 is 0.196 bits per heavy atom. The first kappa shape index (κ1) is 65.4. The van der Waals surface area contributed by atoms with E-state index in [-0.39, 0.29) is 6.71 Å². The van der Waals surface area contributed by atoms with Crippen LogP contribution in [0.25, 0.3) is 151 Å². The van der Waals surface area contributed by atoms with Crippen LogP contribution in [0.2, 0.25) is 0 Å². The van der Waals surface area contributed by atoms with Gasteiger partial charge in [0.05, 0.1) is 39.5 Å². The molecule has 0 aliphatic carbocycles. The lowest BCUT2D eigenvalue weighted by atomic mass is 9.33. The van der Waals surface area contributed by atoms with Gasteiger partial charge in [-0.25, -0.2) is 19.9 Å². The summed E-state index contributed by atoms with van der Waals surface area (Å²) < 4.78 is 2.41. The highest BCUT2D eigenvalue weighted by molar-refractivity contribution is 7.00. The summed E-state index contributed by atoms with van der Waals surface area (Å²) in [6.45, 7) is -0.122. The molecule has 16 aromatic carbocycles. The van der Waals surface area contributed by atoms with Crippen molar-refractivity contribution in [1.82, 2.24) is 24.5 Å². The third kappa shape index (κ3) is 11.7. The lowest BCUT2D eigenvalue weighted by Crippen LogP contribution is -2.61. The van der Waals surface area contributed by atoms with Crippen LogP contribution in [0.15, 0.2) is 413 Å². The van der Waals surface area contributed by atoms with Crippen LogP contribution in [0.4, 0.5) is 34.1 Å². The Morgan fingerprint density at radius 3 is 0.955 bits per heavy atom. The van der Waals surface area contributed by atoms with Crippen LogP contribution in [0.5, 0.6) is 0 Å². The summed E-state index contributed by atoms with van der Waals surface area (Å²) in [5.41, 5.74) is 33.4. The van der Waals surface area contributed by atoms with Crippen molar-refractivity contribution in [2.24, 2.45) is 0 Å². The van der Waals surface area contributed by atoms with Gasteiger partial charge in [0, 0.05) is 78.3 Å². The van der Waals surface area contributed by atoms with Gasteiger partial charge < -0.3 is 14.4 Å². The average Bonchev–Trinajstić information content (AvgIpc) is 0.785. The summed E-state index contributed by atoms with van der Waals surface area (Å²) in [7, 11) is 0. The van der Waals surface area contributed by atoms with Gasteiger partial charge in [-0.3, -0.25) is 0 Å². The molecule has 0 saturated heterocycles. The number of hydrogen-bond acceptors (Lipinski definition) is 6. The smallest absolute Gasteiger partial charge is 0.252 e. The van der Waals surface area contributed by atoms with Crippen molar-refractivity contribution in [2.75, 3.05) is 9.80 Å². The second-order valence-corrected chi connectivity index (χ2v) is 28.9. The van der Waals surface area contributed by atoms with Crippen molar-refractivity contribution in [2.45, 2.75) is 0 Å². The first-order valence-electron chi connectivity index (χ1n) is 38.2. The predicted octanol–water partition coefficient (Wildman–Crippen LogP) is 24.8. The van der Waals surface area contributed by atoms with Gasteiger partial charge in [-0.1, -0.05) is 303 Å². The summed E-state index contributed by atoms with van der Waals surface area (Å²) in [6.07, 6.45) is 0. The van der Waals surface area contributed by atoms with Crippen molar-refractivity contribution >= 4 is 79.0 Å². The molecule has 7 nitrogen and oxygen atoms in total. The van der Waals surface area contributed by atoms with E-state index in [0.717, 1.165) is 173 Å². The molecule has 0 amide bonds. The fourth-order valence-corrected chi connectivity index (χ4v) is 16.9. The molecule has 2 aliphatic heterocycles. The highest BCUT2D eigenvalue weighted by Crippen LogP contribution is 2.50. The molecule has 0 N–H and O–H groups in total. The maximum absolute atomic E-state index is 5.60. The van der Waals surface area contributed by atoms with Crippen LogP contribution in [0, 0.1) is 0 Å². The Hall–Kier alpha value is -14.9. The number of nitrogens with zero attached hydrogens (tertiary/aromatic N) is 7. The van der Waals surface area contributed by atoms with Crippen LogP contribution < -0.4 is 26.2 Å². The molecular weight excluding hydrogens is 1360 g/mol. The van der Waals surface area contributed by atoms with Gasteiger partial charge in [0.2, 0.25) is 0 Å². The second-order valence-electron chi connectivity index (χ2n) is 28.9. The lowest BCUT2D eigenvalue weighted by molar-refractivity contribution is 1.13. The predicted molar refractivity (Wildman–Crippen MR) is 466 cm³/mol. The van der Waals surface area contributed by atoms with E-state index in [0.29, 0.717) is 11.6 Å². The Kier molecular flexibility index (Phi) is 16.2. The molecule has 0 unspecified atom stereocenters. The van der Waals surface area contributed by atoms with Crippen molar-refractivity contribution in [3.63, 3.8) is 0 Å². The molecule has 112 heavy (non-hydrogen) atoms. The lowest BCUT2D eigenvalue weighted by Gasteiger charge is -2.44. The molecule has 0 fully saturated rings. The van der Waals surface area contributed by atoms with E-state index in [2.05, 4.69) is 403 Å². The standard InChI is InChI=1S/C104H68BN7/c1-9-31-69(32-10-1)79-57-80(70-33-11-2-12-34-70)60-84(59-79)110-98-51-29-26-48-89(98)105-90-49-27-30-52-99(90)111(85-61-81(71-35-13-3-14-36-71)58-82(62-85)72-37-15-4-16-38-72)101-66-83(65-100(110)102(101)105)77-53-55-96-87(63-77)86-47-25-28-50-95(86)112(96)97-56-54-78(103-106-91(73-39-17-5-18-40-73)67-92(107-103)74-41-19-6-20-42-74)64-88(97)104-108-93(75-43-21-7-22-44-75)68-94(109-104)76-45-23-8-24-46-76/h1-68H. The Balaban J connectivity index is 0.817. The van der Waals surface area contributed by atoms with E-state index in [4.69, 9.17) is 19.9 Å². The van der Waals surface area contributed by atoms with Gasteiger partial charge in [-0.15, -0.1) is 0 Å². The highest BCUT2D eigenvalue weighted by atomic mass is 15.2. The third-order valence-electron chi connectivity index (χ3n) is 22.1. The van der Waals surface area contributed by atoms with Crippen LogP contribution in [-0.2, 0) is 0 Å². The molecule has 19 aromatic rings. The fraction of sp³-hybridized carbons (Fsp3) is 0. The monoisotopic (exact) mass is 1430 g/mol. The first-order valence-corrected chi connectivity index (χ1v) is 38.2. The Bertz CT molecular complexity index is 6370. The third-order valence-corrected chi connectivity index (χ3v) is 22.1. The maximum Gasteiger partial charge on any atom is 0.252 e. The van der Waals surface area contributed by atoms with Gasteiger partial charge in [0.25, 0.3) is 6.71 Å². The van der Waals surface area contributed by atoms with E-state index < -0.39 is 0 Å². The SMILES string of the molecule is c1ccc(-c2cc(-c3ccccc3)cc(N3c4ccccc4B4c5ccccc5N(c5cc(-c6ccccc6)cc(-c6ccccc6)c5)c5cc(-c6ccc7c(c6)c6ccccc6n7-c6ccc(-c7nc(-c8ccccc8)cc(-c8ccccc8)n7)cc6-c6nc(-c7ccccc7)cc(-c7ccccc7)n6)cc3c54)c2)cc1. The van der Waals surface area contributed by atoms with Crippen LogP contribution in [0.3, 0.4) is 0 Å². The van der Waals surface area contributed by atoms with E-state index >= 15 is 0 Å². The molecule has 0 atom stereocenters. The minimum atomic E-state index is -0.122. The van der Waals surface area contributed by atoms with Gasteiger partial charge in [-0.2, -0.15) is 0 Å². The van der Waals surface area contributed by atoms with Crippen LogP contribution in [-0.4, -0.2) is 31.2 Å². The topological polar surface area (TPSA) is 63.0 Å². The quantitative estimate of drug-likeness (QED) is 0.101. The van der Waals surface area contributed by atoms with Crippen molar-refractivity contribution in [3.8, 4) is 129 Å². The molecule has 0 saturated carbocycles. The summed E-state index contributed by atoms with van der Waals surface area (Å²) in [6, 6.07) is 149. The minimum Gasteiger partial charge on any atom is -0.311 e. The number of anilines is 6. The summed E-state index contributed by atoms with van der Waals surface area (Å²) in [5.74, 6) is 1.15. The maximum atomic E-state index is 5.60. The fourth-order valence-electron chi connectivity index (χ4n) is 16.9. The van der Waals surface area contributed by atoms with Gasteiger partial charge in [0.15, 0.2) is 11.6 Å². The average molecular weight is 1430 g/mol. The van der Waals surface area contributed by atoms with Gasteiger partial charge in [-0.05, 0) is 181 Å². The van der Waals surface area contributed by atoms with Crippen molar-refractivity contribution in [1.29, 1.82) is 0 Å². The normalized spacial score (nSPS) is 12.1. The summed E-state index contributed by atoms with van der Waals surface area (Å²) in [5, 5.41) is 2.20. The number of hydrogen-bond donors (Lipinski definition) is 0. The number of benzene rings is 16. The molecule has 0 bridgehead atoms. The van der Waals surface area contributed by atoms with E-state index in [1.807, 2.05) is 24.3 Å². The molecule has 5 heterocycles. The van der Waals surface area contributed by atoms with E-state index in [1.54, 1.807) is 0 Å². The molecule has 0 radical (unpaired) electrons. The Labute approximate surface area is 650 Å². The van der Waals surface area contributed by atoms with Crippen LogP contribution >= 0.6 is 0 Å². The molecule has 2 aliphatic rings. The zero-order valence-electron chi connectivity index (χ0n) is 61.0. The second kappa shape index (κ2) is 27.7. The highest BCUT2D eigenvalue weighted by Gasteiger charge is 2.44. The zero-order chi connectivity index (χ0) is 74.0. The van der Waals surface area contributed by atoms with Gasteiger partial charge >= 0.3 is 0 Å². The van der Waals surface area contributed by atoms with Crippen molar-refractivity contribution < 1.29 is 0 Å². The Morgan fingerprint density at radius 2 is 0.536 bits per heavy atom. The number of fused-ring (bicyclic) bond motifs is 7. The minimum absolute atomic E-state index is 0.122. The van der Waals surface area contributed by atoms with E-state index in [9.17, 15) is 0 Å². The molecule has 21 rings (SSSR count). The molecular formula is C104H68BN7. The largest absolute Gasteiger partial charge is 0.311 e. The summed E-state index contributed by atoms with van der Waals surface area (Å²) >= 11 is 0. The number of rotatable bonds is 14. The molecule has 0 spiro atoms. The molecule has 3 aromatic heterocycles. The first-order chi connectivity index (χ1) is 55.5. The molecule has 522 valence electrons. The molecule has 8 heteroatoms. The van der Waals surface area contributed by atoms with Crippen molar-refractivity contribution in [3.05, 3.63) is 413 Å².